The Kier molecular flexibility index (Phi) is 6.08. The van der Waals surface area contributed by atoms with Gasteiger partial charge in [-0.2, -0.15) is 4.98 Å². The Morgan fingerprint density at radius 1 is 1.10 bits per heavy atom. The normalized spacial score (nSPS) is 25.9. The van der Waals surface area contributed by atoms with E-state index in [4.69, 9.17) is 14.2 Å². The molecule has 1 saturated heterocycles. The first-order chi connectivity index (χ1) is 14.9. The molecular formula is C24H33N3O4. The summed E-state index contributed by atoms with van der Waals surface area (Å²) in [7, 11) is 4.81. The van der Waals surface area contributed by atoms with E-state index >= 15 is 0 Å². The molecule has 7 nitrogen and oxygen atoms in total. The predicted molar refractivity (Wildman–Crippen MR) is 118 cm³/mol. The summed E-state index contributed by atoms with van der Waals surface area (Å²) in [5.74, 6) is 1.88. The standard InChI is InChI=1S/C24H33N3O4/c1-15-16(2)21(29-3)9-8-17(15)12-27-13-18-7-6-10-24(28,20(18)14-27)19-11-25-23(31-5)26-22(19)30-4/h8-9,11,18,20,28H,6-7,10,12-14H2,1-5H3/t18-,20-,24-/m1/s1. The molecule has 1 N–H and O–H groups in total. The van der Waals surface area contributed by atoms with Gasteiger partial charge in [0.05, 0.1) is 26.9 Å². The SMILES string of the molecule is COc1ncc([C@]2(O)CCC[C@@H]3CN(Cc4ccc(OC)c(C)c4C)C[C@H]32)c(OC)n1. The molecule has 1 aromatic carbocycles. The van der Waals surface area contributed by atoms with Gasteiger partial charge in [-0.25, -0.2) is 4.98 Å². The quantitative estimate of drug-likeness (QED) is 0.758. The number of hydrogen-bond donors (Lipinski definition) is 1. The summed E-state index contributed by atoms with van der Waals surface area (Å²) in [5, 5.41) is 11.9. The number of aliphatic hydroxyl groups is 1. The van der Waals surface area contributed by atoms with Crippen molar-refractivity contribution in [3.8, 4) is 17.6 Å². The van der Waals surface area contributed by atoms with Gasteiger partial charge < -0.3 is 19.3 Å². The molecule has 1 aromatic heterocycles. The average Bonchev–Trinajstić information content (AvgIpc) is 3.21. The fourth-order valence-electron chi connectivity index (χ4n) is 5.46. The van der Waals surface area contributed by atoms with E-state index in [-0.39, 0.29) is 11.9 Å². The second-order valence-electron chi connectivity index (χ2n) is 8.83. The lowest BCUT2D eigenvalue weighted by Gasteiger charge is -2.41. The van der Waals surface area contributed by atoms with Gasteiger partial charge in [0.15, 0.2) is 0 Å². The maximum Gasteiger partial charge on any atom is 0.319 e. The van der Waals surface area contributed by atoms with Gasteiger partial charge in [-0.05, 0) is 61.8 Å². The molecule has 2 heterocycles. The monoisotopic (exact) mass is 427 g/mol. The van der Waals surface area contributed by atoms with Gasteiger partial charge in [0.1, 0.15) is 11.4 Å². The van der Waals surface area contributed by atoms with Gasteiger partial charge in [0.2, 0.25) is 5.88 Å². The maximum absolute atomic E-state index is 11.9. The number of aromatic nitrogens is 2. The predicted octanol–water partition coefficient (Wildman–Crippen LogP) is 3.24. The molecule has 1 aliphatic heterocycles. The van der Waals surface area contributed by atoms with E-state index in [1.165, 1.54) is 23.8 Å². The Labute approximate surface area is 184 Å². The van der Waals surface area contributed by atoms with Crippen molar-refractivity contribution in [3.05, 3.63) is 40.6 Å². The van der Waals surface area contributed by atoms with Gasteiger partial charge in [0, 0.05) is 31.7 Å². The van der Waals surface area contributed by atoms with E-state index < -0.39 is 5.60 Å². The summed E-state index contributed by atoms with van der Waals surface area (Å²) in [4.78, 5) is 11.1. The molecule has 168 valence electrons. The minimum atomic E-state index is -1.000. The van der Waals surface area contributed by atoms with Crippen LogP contribution in [0.1, 0.15) is 41.5 Å². The van der Waals surface area contributed by atoms with E-state index in [1.54, 1.807) is 20.4 Å². The third-order valence-electron chi connectivity index (χ3n) is 7.30. The second-order valence-corrected chi connectivity index (χ2v) is 8.83. The first-order valence-electron chi connectivity index (χ1n) is 10.9. The van der Waals surface area contributed by atoms with Crippen molar-refractivity contribution >= 4 is 0 Å². The van der Waals surface area contributed by atoms with E-state index in [0.717, 1.165) is 38.2 Å². The molecule has 2 aromatic rings. The van der Waals surface area contributed by atoms with Crippen LogP contribution in [0.15, 0.2) is 18.3 Å². The first-order valence-corrected chi connectivity index (χ1v) is 10.9. The van der Waals surface area contributed by atoms with Gasteiger partial charge in [0.25, 0.3) is 0 Å². The fraction of sp³-hybridized carbons (Fsp3) is 0.583. The molecule has 7 heteroatoms. The lowest BCUT2D eigenvalue weighted by Crippen LogP contribution is -2.43. The Balaban J connectivity index is 1.59. The van der Waals surface area contributed by atoms with Gasteiger partial charge in [-0.3, -0.25) is 4.90 Å². The lowest BCUT2D eigenvalue weighted by molar-refractivity contribution is -0.0669. The Morgan fingerprint density at radius 2 is 1.90 bits per heavy atom. The summed E-state index contributed by atoms with van der Waals surface area (Å²) >= 11 is 0. The van der Waals surface area contributed by atoms with E-state index in [9.17, 15) is 5.11 Å². The molecule has 0 radical (unpaired) electrons. The number of rotatable bonds is 6. The van der Waals surface area contributed by atoms with Gasteiger partial charge in [-0.15, -0.1) is 0 Å². The van der Waals surface area contributed by atoms with Crippen molar-refractivity contribution in [3.63, 3.8) is 0 Å². The van der Waals surface area contributed by atoms with Crippen molar-refractivity contribution in [2.75, 3.05) is 34.4 Å². The Morgan fingerprint density at radius 3 is 2.61 bits per heavy atom. The van der Waals surface area contributed by atoms with Gasteiger partial charge >= 0.3 is 6.01 Å². The number of fused-ring (bicyclic) bond motifs is 1. The summed E-state index contributed by atoms with van der Waals surface area (Å²) in [6.45, 7) is 6.95. The van der Waals surface area contributed by atoms with Crippen LogP contribution < -0.4 is 14.2 Å². The molecule has 0 amide bonds. The summed E-state index contributed by atoms with van der Waals surface area (Å²) in [6, 6.07) is 4.46. The number of benzene rings is 1. The molecule has 1 saturated carbocycles. The third-order valence-corrected chi connectivity index (χ3v) is 7.30. The largest absolute Gasteiger partial charge is 0.496 e. The minimum absolute atomic E-state index is 0.117. The molecule has 4 rings (SSSR count). The number of methoxy groups -OCH3 is 3. The topological polar surface area (TPSA) is 76.9 Å². The van der Waals surface area contributed by atoms with Crippen LogP contribution in [0.25, 0.3) is 0 Å². The lowest BCUT2D eigenvalue weighted by atomic mass is 9.68. The molecule has 0 unspecified atom stereocenters. The Hall–Kier alpha value is -2.38. The highest BCUT2D eigenvalue weighted by Gasteiger charge is 2.51. The highest BCUT2D eigenvalue weighted by atomic mass is 16.5. The number of hydrogen-bond acceptors (Lipinski definition) is 7. The van der Waals surface area contributed by atoms with E-state index in [1.807, 2.05) is 0 Å². The van der Waals surface area contributed by atoms with E-state index in [0.29, 0.717) is 23.8 Å². The van der Waals surface area contributed by atoms with Crippen LogP contribution in [-0.4, -0.2) is 54.4 Å². The minimum Gasteiger partial charge on any atom is -0.496 e. The van der Waals surface area contributed by atoms with Crippen LogP contribution in [0.2, 0.25) is 0 Å². The zero-order valence-electron chi connectivity index (χ0n) is 19.1. The maximum atomic E-state index is 11.9. The number of likely N-dealkylation sites (tertiary alicyclic amines) is 1. The molecule has 3 atom stereocenters. The van der Waals surface area contributed by atoms with Crippen LogP contribution >= 0.6 is 0 Å². The van der Waals surface area contributed by atoms with Crippen molar-refractivity contribution in [2.45, 2.75) is 45.3 Å². The van der Waals surface area contributed by atoms with E-state index in [2.05, 4.69) is 40.8 Å². The molecule has 0 spiro atoms. The van der Waals surface area contributed by atoms with Crippen LogP contribution in [0, 0.1) is 25.7 Å². The third kappa shape index (κ3) is 3.85. The molecular weight excluding hydrogens is 394 g/mol. The second kappa shape index (κ2) is 8.63. The number of ether oxygens (including phenoxy) is 3. The highest BCUT2D eigenvalue weighted by molar-refractivity contribution is 5.43. The van der Waals surface area contributed by atoms with Crippen molar-refractivity contribution in [2.24, 2.45) is 11.8 Å². The van der Waals surface area contributed by atoms with Crippen molar-refractivity contribution in [1.29, 1.82) is 0 Å². The molecule has 1 aliphatic carbocycles. The van der Waals surface area contributed by atoms with Crippen LogP contribution in [0.5, 0.6) is 17.6 Å². The molecule has 0 bridgehead atoms. The molecule has 2 fully saturated rings. The summed E-state index contributed by atoms with van der Waals surface area (Å²) in [5.41, 5.74) is 3.44. The van der Waals surface area contributed by atoms with Crippen LogP contribution in [-0.2, 0) is 12.1 Å². The fourth-order valence-corrected chi connectivity index (χ4v) is 5.46. The zero-order valence-corrected chi connectivity index (χ0v) is 19.1. The highest BCUT2D eigenvalue weighted by Crippen LogP contribution is 2.50. The van der Waals surface area contributed by atoms with Crippen LogP contribution in [0.3, 0.4) is 0 Å². The number of nitrogens with zero attached hydrogens (tertiary/aromatic N) is 3. The molecule has 2 aliphatic rings. The zero-order chi connectivity index (χ0) is 22.2. The smallest absolute Gasteiger partial charge is 0.319 e. The molecule has 31 heavy (non-hydrogen) atoms. The average molecular weight is 428 g/mol. The van der Waals surface area contributed by atoms with Crippen molar-refractivity contribution in [1.82, 2.24) is 14.9 Å². The van der Waals surface area contributed by atoms with Crippen molar-refractivity contribution < 1.29 is 19.3 Å². The summed E-state index contributed by atoms with van der Waals surface area (Å²) in [6.07, 6.45) is 4.46. The first kappa shape index (κ1) is 21.8. The Bertz CT molecular complexity index is 951. The van der Waals surface area contributed by atoms with Gasteiger partial charge in [-0.1, -0.05) is 6.07 Å². The summed E-state index contributed by atoms with van der Waals surface area (Å²) < 4.78 is 16.1. The van der Waals surface area contributed by atoms with Crippen LogP contribution in [0.4, 0.5) is 0 Å².